The molecular formula is C11H27ClN2O2. The van der Waals surface area contributed by atoms with Crippen molar-refractivity contribution in [2.75, 3.05) is 74.8 Å². The number of rotatable bonds is 9. The molecule has 100 valence electrons. The van der Waals surface area contributed by atoms with Crippen molar-refractivity contribution in [3.63, 3.8) is 0 Å². The molecule has 0 heterocycles. The highest BCUT2D eigenvalue weighted by Gasteiger charge is 2.14. The van der Waals surface area contributed by atoms with Crippen LogP contribution in [0.5, 0.6) is 0 Å². The number of halogens is 1. The minimum Gasteiger partial charge on any atom is -1.00 e. The second-order valence-corrected chi connectivity index (χ2v) is 4.79. The van der Waals surface area contributed by atoms with Crippen molar-refractivity contribution in [1.29, 1.82) is 0 Å². The molecular weight excluding hydrogens is 228 g/mol. The Balaban J connectivity index is 0. The normalized spacial score (nSPS) is 11.6. The van der Waals surface area contributed by atoms with Gasteiger partial charge in [0.2, 0.25) is 0 Å². The van der Waals surface area contributed by atoms with Crippen molar-refractivity contribution in [3.8, 4) is 0 Å². The summed E-state index contributed by atoms with van der Waals surface area (Å²) in [6, 6.07) is 0. The van der Waals surface area contributed by atoms with Gasteiger partial charge >= 0.3 is 0 Å². The molecule has 16 heavy (non-hydrogen) atoms. The molecule has 4 nitrogen and oxygen atoms in total. The zero-order valence-electron chi connectivity index (χ0n) is 11.3. The first-order valence-corrected chi connectivity index (χ1v) is 5.51. The molecule has 0 atom stereocenters. The van der Waals surface area contributed by atoms with Gasteiger partial charge in [0, 0.05) is 13.7 Å². The maximum atomic E-state index is 5.46. The lowest BCUT2D eigenvalue weighted by atomic mass is 10.4. The molecule has 0 unspecified atom stereocenters. The molecule has 0 rings (SSSR count). The average Bonchev–Trinajstić information content (AvgIpc) is 2.15. The van der Waals surface area contributed by atoms with Gasteiger partial charge in [0.1, 0.15) is 6.54 Å². The molecule has 0 bridgehead atoms. The van der Waals surface area contributed by atoms with E-state index in [9.17, 15) is 0 Å². The van der Waals surface area contributed by atoms with Gasteiger partial charge in [-0.3, -0.25) is 0 Å². The Labute approximate surface area is 106 Å². The molecule has 0 aliphatic heterocycles. The summed E-state index contributed by atoms with van der Waals surface area (Å²) in [6.45, 7) is 5.52. The van der Waals surface area contributed by atoms with Crippen molar-refractivity contribution in [2.24, 2.45) is 0 Å². The van der Waals surface area contributed by atoms with E-state index in [1.807, 2.05) is 0 Å². The highest BCUT2D eigenvalue weighted by molar-refractivity contribution is 4.42. The summed E-state index contributed by atoms with van der Waals surface area (Å²) < 4.78 is 11.4. The van der Waals surface area contributed by atoms with Gasteiger partial charge in [-0.05, 0) is 14.1 Å². The highest BCUT2D eigenvalue weighted by atomic mass is 35.5. The molecule has 0 aromatic carbocycles. The summed E-state index contributed by atoms with van der Waals surface area (Å²) in [5, 5.41) is 0. The van der Waals surface area contributed by atoms with E-state index in [0.29, 0.717) is 13.2 Å². The summed E-state index contributed by atoms with van der Waals surface area (Å²) >= 11 is 0. The van der Waals surface area contributed by atoms with E-state index in [4.69, 9.17) is 9.47 Å². The van der Waals surface area contributed by atoms with E-state index in [0.717, 1.165) is 30.7 Å². The fraction of sp³-hybridized carbons (Fsp3) is 1.00. The fourth-order valence-corrected chi connectivity index (χ4v) is 1.14. The van der Waals surface area contributed by atoms with E-state index in [-0.39, 0.29) is 12.4 Å². The van der Waals surface area contributed by atoms with Crippen LogP contribution in [0.15, 0.2) is 0 Å². The Kier molecular flexibility index (Phi) is 11.9. The van der Waals surface area contributed by atoms with Gasteiger partial charge in [-0.15, -0.1) is 0 Å². The maximum Gasteiger partial charge on any atom is 0.102 e. The Morgan fingerprint density at radius 1 is 1.00 bits per heavy atom. The lowest BCUT2D eigenvalue weighted by Crippen LogP contribution is -3.00. The molecule has 0 amide bonds. The van der Waals surface area contributed by atoms with Gasteiger partial charge < -0.3 is 31.3 Å². The number of hydrogen-bond donors (Lipinski definition) is 0. The standard InChI is InChI=1S/C11H27N2O2.ClH/c1-12(2)6-7-13(3,4)8-9-15-11-10-14-5;/h6-11H2,1-5H3;1H/q+1;/p-1. The molecule has 0 radical (unpaired) electrons. The van der Waals surface area contributed by atoms with Crippen LogP contribution in [-0.2, 0) is 9.47 Å². The van der Waals surface area contributed by atoms with Crippen molar-refractivity contribution in [1.82, 2.24) is 4.90 Å². The predicted molar refractivity (Wildman–Crippen MR) is 63.1 cm³/mol. The van der Waals surface area contributed by atoms with E-state index < -0.39 is 0 Å². The van der Waals surface area contributed by atoms with Crippen LogP contribution < -0.4 is 12.4 Å². The highest BCUT2D eigenvalue weighted by Crippen LogP contribution is 1.96. The van der Waals surface area contributed by atoms with Crippen molar-refractivity contribution >= 4 is 0 Å². The van der Waals surface area contributed by atoms with Crippen LogP contribution in [0.25, 0.3) is 0 Å². The SMILES string of the molecule is COCCOCC[N+](C)(C)CCN(C)C.[Cl-]. The molecule has 0 aromatic heterocycles. The smallest absolute Gasteiger partial charge is 0.102 e. The summed E-state index contributed by atoms with van der Waals surface area (Å²) in [6.07, 6.45) is 0. The minimum atomic E-state index is 0. The van der Waals surface area contributed by atoms with Crippen LogP contribution in [0.4, 0.5) is 0 Å². The summed E-state index contributed by atoms with van der Waals surface area (Å²) in [4.78, 5) is 2.21. The number of ether oxygens (including phenoxy) is 2. The Morgan fingerprint density at radius 3 is 2.12 bits per heavy atom. The van der Waals surface area contributed by atoms with Crippen molar-refractivity contribution in [3.05, 3.63) is 0 Å². The lowest BCUT2D eigenvalue weighted by Gasteiger charge is -2.30. The zero-order valence-corrected chi connectivity index (χ0v) is 12.1. The van der Waals surface area contributed by atoms with Crippen LogP contribution in [0.1, 0.15) is 0 Å². The Bertz CT molecular complexity index is 155. The predicted octanol–water partition coefficient (Wildman–Crippen LogP) is -2.71. The third-order valence-corrected chi connectivity index (χ3v) is 2.43. The third-order valence-electron chi connectivity index (χ3n) is 2.43. The van der Waals surface area contributed by atoms with Crippen molar-refractivity contribution in [2.45, 2.75) is 0 Å². The second kappa shape index (κ2) is 10.3. The first-order valence-electron chi connectivity index (χ1n) is 5.51. The largest absolute Gasteiger partial charge is 1.00 e. The van der Waals surface area contributed by atoms with Crippen LogP contribution in [0.3, 0.4) is 0 Å². The van der Waals surface area contributed by atoms with Crippen LogP contribution in [-0.4, -0.2) is 84.1 Å². The van der Waals surface area contributed by atoms with Crippen LogP contribution in [0, 0.1) is 0 Å². The van der Waals surface area contributed by atoms with E-state index in [1.165, 1.54) is 0 Å². The molecule has 0 saturated carbocycles. The number of likely N-dealkylation sites (N-methyl/N-ethyl adjacent to an activating group) is 2. The quantitative estimate of drug-likeness (QED) is 0.330. The number of hydrogen-bond acceptors (Lipinski definition) is 3. The number of quaternary nitrogens is 1. The molecule has 0 fully saturated rings. The second-order valence-electron chi connectivity index (χ2n) is 4.79. The maximum absolute atomic E-state index is 5.46. The molecule has 0 spiro atoms. The minimum absolute atomic E-state index is 0. The van der Waals surface area contributed by atoms with E-state index in [2.05, 4.69) is 33.1 Å². The van der Waals surface area contributed by atoms with Gasteiger partial charge in [0.15, 0.2) is 0 Å². The topological polar surface area (TPSA) is 21.7 Å². The summed E-state index contributed by atoms with van der Waals surface area (Å²) in [5.41, 5.74) is 0. The molecule has 0 N–H and O–H groups in total. The zero-order chi connectivity index (χ0) is 11.7. The Hall–Kier alpha value is 0.130. The first-order chi connectivity index (χ1) is 6.98. The third kappa shape index (κ3) is 12.2. The van der Waals surface area contributed by atoms with E-state index in [1.54, 1.807) is 7.11 Å². The summed E-state index contributed by atoms with van der Waals surface area (Å²) in [5.74, 6) is 0. The fourth-order valence-electron chi connectivity index (χ4n) is 1.14. The average molecular weight is 255 g/mol. The van der Waals surface area contributed by atoms with Gasteiger partial charge in [-0.2, -0.15) is 0 Å². The van der Waals surface area contributed by atoms with Gasteiger partial charge in [-0.25, -0.2) is 0 Å². The monoisotopic (exact) mass is 254 g/mol. The number of nitrogens with zero attached hydrogens (tertiary/aromatic N) is 2. The van der Waals surface area contributed by atoms with Gasteiger partial charge in [-0.1, -0.05) is 0 Å². The molecule has 0 aliphatic carbocycles. The lowest BCUT2D eigenvalue weighted by molar-refractivity contribution is -0.890. The van der Waals surface area contributed by atoms with Gasteiger partial charge in [0.05, 0.1) is 40.5 Å². The number of methoxy groups -OCH3 is 1. The molecule has 5 heteroatoms. The first kappa shape index (κ1) is 18.5. The Morgan fingerprint density at radius 2 is 1.62 bits per heavy atom. The molecule has 0 aliphatic rings. The van der Waals surface area contributed by atoms with Crippen LogP contribution in [0.2, 0.25) is 0 Å². The van der Waals surface area contributed by atoms with Crippen molar-refractivity contribution < 1.29 is 26.4 Å². The van der Waals surface area contributed by atoms with Crippen LogP contribution >= 0.6 is 0 Å². The molecule has 0 aromatic rings. The van der Waals surface area contributed by atoms with Gasteiger partial charge in [0.25, 0.3) is 0 Å². The summed E-state index contributed by atoms with van der Waals surface area (Å²) in [7, 11) is 10.4. The molecule has 0 saturated heterocycles. The van der Waals surface area contributed by atoms with E-state index >= 15 is 0 Å².